The van der Waals surface area contributed by atoms with Gasteiger partial charge in [-0.15, -0.1) is 0 Å². The standard InChI is InChI=1S/C15H17NO3/c17-15(11-6-9-5-10(9)7-11)16-12-1-2-13-14(8-12)19-4-3-18-13/h1-2,8-11H,3-7H2,(H,16,17). The summed E-state index contributed by atoms with van der Waals surface area (Å²) in [5.41, 5.74) is 0.801. The Hall–Kier alpha value is -1.71. The van der Waals surface area contributed by atoms with Crippen molar-refractivity contribution in [2.24, 2.45) is 17.8 Å². The molecule has 3 aliphatic rings. The van der Waals surface area contributed by atoms with E-state index in [1.54, 1.807) is 0 Å². The molecule has 4 nitrogen and oxygen atoms in total. The lowest BCUT2D eigenvalue weighted by Crippen LogP contribution is -2.22. The Balaban J connectivity index is 1.45. The summed E-state index contributed by atoms with van der Waals surface area (Å²) < 4.78 is 11.0. The molecule has 1 amide bonds. The van der Waals surface area contributed by atoms with E-state index in [9.17, 15) is 4.79 Å². The maximum atomic E-state index is 12.2. The second-order valence-electron chi connectivity index (χ2n) is 5.77. The number of nitrogens with one attached hydrogen (secondary N) is 1. The van der Waals surface area contributed by atoms with Gasteiger partial charge in [-0.3, -0.25) is 4.79 Å². The summed E-state index contributed by atoms with van der Waals surface area (Å²) >= 11 is 0. The minimum absolute atomic E-state index is 0.156. The topological polar surface area (TPSA) is 47.6 Å². The molecule has 0 saturated heterocycles. The van der Waals surface area contributed by atoms with Crippen LogP contribution in [0, 0.1) is 17.8 Å². The molecule has 2 fully saturated rings. The lowest BCUT2D eigenvalue weighted by molar-refractivity contribution is -0.120. The molecule has 0 aromatic heterocycles. The van der Waals surface area contributed by atoms with Gasteiger partial charge in [0, 0.05) is 17.7 Å². The van der Waals surface area contributed by atoms with Crippen LogP contribution in [0.2, 0.25) is 0 Å². The molecule has 2 saturated carbocycles. The Bertz CT molecular complexity index is 518. The summed E-state index contributed by atoms with van der Waals surface area (Å²) in [5.74, 6) is 3.50. The second-order valence-corrected chi connectivity index (χ2v) is 5.77. The molecule has 4 rings (SSSR count). The normalized spacial score (nSPS) is 30.6. The van der Waals surface area contributed by atoms with Gasteiger partial charge in [-0.1, -0.05) is 0 Å². The molecular weight excluding hydrogens is 242 g/mol. The number of hydrogen-bond acceptors (Lipinski definition) is 3. The molecule has 0 spiro atoms. The molecule has 19 heavy (non-hydrogen) atoms. The predicted molar refractivity (Wildman–Crippen MR) is 70.4 cm³/mol. The number of carbonyl (C=O) groups is 1. The summed E-state index contributed by atoms with van der Waals surface area (Å²) in [6.45, 7) is 1.15. The van der Waals surface area contributed by atoms with Crippen molar-refractivity contribution in [2.75, 3.05) is 18.5 Å². The number of ether oxygens (including phenoxy) is 2. The maximum absolute atomic E-state index is 12.2. The molecule has 2 aliphatic carbocycles. The summed E-state index contributed by atoms with van der Waals surface area (Å²) in [6.07, 6.45) is 3.48. The van der Waals surface area contributed by atoms with Gasteiger partial charge < -0.3 is 14.8 Å². The quantitative estimate of drug-likeness (QED) is 0.887. The molecule has 2 unspecified atom stereocenters. The van der Waals surface area contributed by atoms with Gasteiger partial charge >= 0.3 is 0 Å². The molecule has 4 heteroatoms. The number of amides is 1. The van der Waals surface area contributed by atoms with Gasteiger partial charge in [0.25, 0.3) is 0 Å². The van der Waals surface area contributed by atoms with Crippen molar-refractivity contribution in [3.05, 3.63) is 18.2 Å². The highest BCUT2D eigenvalue weighted by Crippen LogP contribution is 2.54. The Kier molecular flexibility index (Phi) is 2.43. The number of benzene rings is 1. The van der Waals surface area contributed by atoms with E-state index in [0.717, 1.165) is 41.9 Å². The molecule has 1 aliphatic heterocycles. The fourth-order valence-electron chi connectivity index (χ4n) is 3.29. The van der Waals surface area contributed by atoms with Crippen LogP contribution < -0.4 is 14.8 Å². The van der Waals surface area contributed by atoms with E-state index in [1.165, 1.54) is 6.42 Å². The highest BCUT2D eigenvalue weighted by molar-refractivity contribution is 5.93. The third-order valence-corrected chi connectivity index (χ3v) is 4.42. The second kappa shape index (κ2) is 4.15. The summed E-state index contributed by atoms with van der Waals surface area (Å²) in [7, 11) is 0. The molecular formula is C15H17NO3. The first kappa shape index (κ1) is 11.1. The van der Waals surface area contributed by atoms with Crippen LogP contribution in [0.1, 0.15) is 19.3 Å². The molecule has 0 bridgehead atoms. The number of rotatable bonds is 2. The van der Waals surface area contributed by atoms with Crippen molar-refractivity contribution in [3.8, 4) is 11.5 Å². The first-order valence-electron chi connectivity index (χ1n) is 7.00. The Morgan fingerprint density at radius 1 is 1.05 bits per heavy atom. The Morgan fingerprint density at radius 2 is 1.79 bits per heavy atom. The maximum Gasteiger partial charge on any atom is 0.227 e. The third-order valence-electron chi connectivity index (χ3n) is 4.42. The van der Waals surface area contributed by atoms with Crippen molar-refractivity contribution in [2.45, 2.75) is 19.3 Å². The first-order chi connectivity index (χ1) is 9.29. The lowest BCUT2D eigenvalue weighted by atomic mass is 10.0. The van der Waals surface area contributed by atoms with E-state index >= 15 is 0 Å². The summed E-state index contributed by atoms with van der Waals surface area (Å²) in [6, 6.07) is 5.58. The van der Waals surface area contributed by atoms with E-state index in [2.05, 4.69) is 5.32 Å². The minimum Gasteiger partial charge on any atom is -0.486 e. The molecule has 1 aromatic rings. The highest BCUT2D eigenvalue weighted by Gasteiger charge is 2.47. The molecule has 100 valence electrons. The van der Waals surface area contributed by atoms with E-state index in [1.807, 2.05) is 18.2 Å². The van der Waals surface area contributed by atoms with Crippen molar-refractivity contribution in [1.29, 1.82) is 0 Å². The van der Waals surface area contributed by atoms with Crippen LogP contribution >= 0.6 is 0 Å². The van der Waals surface area contributed by atoms with Crippen LogP contribution in [-0.2, 0) is 4.79 Å². The Labute approximate surface area is 112 Å². The van der Waals surface area contributed by atoms with Crippen molar-refractivity contribution >= 4 is 11.6 Å². The molecule has 0 radical (unpaired) electrons. The highest BCUT2D eigenvalue weighted by atomic mass is 16.6. The summed E-state index contributed by atoms with van der Waals surface area (Å²) in [4.78, 5) is 12.2. The van der Waals surface area contributed by atoms with Gasteiger partial charge in [0.15, 0.2) is 11.5 Å². The van der Waals surface area contributed by atoms with E-state index in [-0.39, 0.29) is 11.8 Å². The van der Waals surface area contributed by atoms with Gasteiger partial charge in [-0.05, 0) is 43.2 Å². The molecule has 1 N–H and O–H groups in total. The largest absolute Gasteiger partial charge is 0.486 e. The van der Waals surface area contributed by atoms with Crippen LogP contribution in [0.5, 0.6) is 11.5 Å². The van der Waals surface area contributed by atoms with Gasteiger partial charge in [-0.25, -0.2) is 0 Å². The van der Waals surface area contributed by atoms with Gasteiger partial charge in [-0.2, -0.15) is 0 Å². The third kappa shape index (κ3) is 2.05. The van der Waals surface area contributed by atoms with Crippen LogP contribution in [0.25, 0.3) is 0 Å². The van der Waals surface area contributed by atoms with Crippen molar-refractivity contribution < 1.29 is 14.3 Å². The van der Waals surface area contributed by atoms with Crippen LogP contribution in [0.15, 0.2) is 18.2 Å². The van der Waals surface area contributed by atoms with E-state index in [4.69, 9.17) is 9.47 Å². The van der Waals surface area contributed by atoms with Gasteiger partial charge in [0.1, 0.15) is 13.2 Å². The fourth-order valence-corrected chi connectivity index (χ4v) is 3.29. The monoisotopic (exact) mass is 259 g/mol. The zero-order valence-electron chi connectivity index (χ0n) is 10.7. The first-order valence-corrected chi connectivity index (χ1v) is 7.00. The van der Waals surface area contributed by atoms with Crippen LogP contribution in [0.3, 0.4) is 0 Å². The zero-order valence-corrected chi connectivity index (χ0v) is 10.7. The number of fused-ring (bicyclic) bond motifs is 2. The number of hydrogen-bond donors (Lipinski definition) is 1. The molecule has 2 atom stereocenters. The van der Waals surface area contributed by atoms with Gasteiger partial charge in [0.05, 0.1) is 0 Å². The van der Waals surface area contributed by atoms with Crippen LogP contribution in [0.4, 0.5) is 5.69 Å². The lowest BCUT2D eigenvalue weighted by Gasteiger charge is -2.19. The number of carbonyl (C=O) groups excluding carboxylic acids is 1. The van der Waals surface area contributed by atoms with E-state index in [0.29, 0.717) is 13.2 Å². The predicted octanol–water partition coefficient (Wildman–Crippen LogP) is 2.44. The van der Waals surface area contributed by atoms with Gasteiger partial charge in [0.2, 0.25) is 5.91 Å². The molecule has 1 heterocycles. The zero-order chi connectivity index (χ0) is 12.8. The smallest absolute Gasteiger partial charge is 0.227 e. The van der Waals surface area contributed by atoms with Crippen LogP contribution in [-0.4, -0.2) is 19.1 Å². The van der Waals surface area contributed by atoms with Crippen molar-refractivity contribution in [3.63, 3.8) is 0 Å². The van der Waals surface area contributed by atoms with Crippen molar-refractivity contribution in [1.82, 2.24) is 0 Å². The average molecular weight is 259 g/mol. The number of anilines is 1. The minimum atomic E-state index is 0.156. The average Bonchev–Trinajstić information content (AvgIpc) is 3.05. The Morgan fingerprint density at radius 3 is 2.58 bits per heavy atom. The molecule has 1 aromatic carbocycles. The SMILES string of the molecule is O=C(Nc1ccc2c(c1)OCCO2)C1CC2CC2C1. The fraction of sp³-hybridized carbons (Fsp3) is 0.533. The van der Waals surface area contributed by atoms with E-state index < -0.39 is 0 Å². The summed E-state index contributed by atoms with van der Waals surface area (Å²) in [5, 5.41) is 3.00.